The topological polar surface area (TPSA) is 9.23 Å². The summed E-state index contributed by atoms with van der Waals surface area (Å²) < 4.78 is 4.79. The minimum absolute atomic E-state index is 0. The van der Waals surface area contributed by atoms with E-state index in [0.717, 1.165) is 0 Å². The van der Waals surface area contributed by atoms with Crippen LogP contribution in [-0.2, 0) is 36.8 Å². The summed E-state index contributed by atoms with van der Waals surface area (Å²) in [5, 5.41) is 0. The Bertz CT molecular complexity index is 58.9. The zero-order chi connectivity index (χ0) is 4.99. The molecule has 0 heterocycles. The molecule has 0 unspecified atom stereocenters. The van der Waals surface area contributed by atoms with Crippen LogP contribution in [0.15, 0.2) is 0 Å². The van der Waals surface area contributed by atoms with Crippen molar-refractivity contribution in [1.82, 2.24) is 0 Å². The van der Waals surface area contributed by atoms with Gasteiger partial charge in [0, 0.05) is 23.9 Å². The number of ether oxygens (including phenoxy) is 1. The predicted molar refractivity (Wildman–Crippen MR) is 44.4 cm³/mol. The quantitative estimate of drug-likeness (QED) is 0.286. The molecule has 0 amide bonds. The standard InChI is InChI=1S/C3H6OS2.2CH3.Zn/c1-2-4-3(5)6;;;/h2H2,1H3,(H,5,6);2*1H3;/q;2*-1;/p-1. The summed E-state index contributed by atoms with van der Waals surface area (Å²) in [6.45, 7) is 2.43. The Labute approximate surface area is 81.7 Å². The molecule has 9 heavy (non-hydrogen) atoms. The molecular weight excluding hydrogens is 206 g/mol. The van der Waals surface area contributed by atoms with Gasteiger partial charge in [-0.25, -0.2) is 0 Å². The van der Waals surface area contributed by atoms with Gasteiger partial charge >= 0.3 is 0 Å². The van der Waals surface area contributed by atoms with E-state index in [2.05, 4.69) is 29.6 Å². The van der Waals surface area contributed by atoms with Gasteiger partial charge in [0.05, 0.1) is 6.61 Å². The zero-order valence-electron chi connectivity index (χ0n) is 6.14. The maximum absolute atomic E-state index is 4.59. The summed E-state index contributed by atoms with van der Waals surface area (Å²) in [6, 6.07) is 0. The Hall–Kier alpha value is 0.733. The summed E-state index contributed by atoms with van der Waals surface area (Å²) in [7, 11) is 0. The number of hydrogen-bond donors (Lipinski definition) is 0. The largest absolute Gasteiger partial charge is 0.514 e. The second-order valence-corrected chi connectivity index (χ2v) is 1.68. The number of hydrogen-bond acceptors (Lipinski definition) is 3. The molecule has 1 nitrogen and oxygen atoms in total. The van der Waals surface area contributed by atoms with Crippen LogP contribution in [0.3, 0.4) is 0 Å². The van der Waals surface area contributed by atoms with E-state index in [9.17, 15) is 0 Å². The molecule has 0 aliphatic heterocycles. The van der Waals surface area contributed by atoms with Crippen molar-refractivity contribution in [3.05, 3.63) is 14.9 Å². The molecule has 4 heteroatoms. The van der Waals surface area contributed by atoms with Crippen LogP contribution in [0.1, 0.15) is 6.92 Å². The first-order valence-electron chi connectivity index (χ1n) is 1.61. The van der Waals surface area contributed by atoms with E-state index < -0.39 is 0 Å². The third-order valence-electron chi connectivity index (χ3n) is 0.262. The van der Waals surface area contributed by atoms with Gasteiger partial charge in [-0.15, -0.1) is 0 Å². The minimum atomic E-state index is 0. The molecule has 0 radical (unpaired) electrons. The average Bonchev–Trinajstić information content (AvgIpc) is 1.35. The second kappa shape index (κ2) is 15.9. The van der Waals surface area contributed by atoms with Gasteiger partial charge in [0.15, 0.2) is 0 Å². The zero-order valence-corrected chi connectivity index (χ0v) is 10.7. The first-order valence-corrected chi connectivity index (χ1v) is 2.42. The summed E-state index contributed by atoms with van der Waals surface area (Å²) in [4.78, 5) is 0. The molecule has 0 aromatic carbocycles. The molecule has 0 aromatic rings. The van der Waals surface area contributed by atoms with Gasteiger partial charge < -0.3 is 44.4 Å². The summed E-state index contributed by atoms with van der Waals surface area (Å²) in [6.07, 6.45) is 0. The first-order chi connectivity index (χ1) is 2.77. The molecule has 0 aliphatic carbocycles. The molecule has 0 bridgehead atoms. The monoisotopic (exact) mass is 215 g/mol. The van der Waals surface area contributed by atoms with Crippen LogP contribution in [0.2, 0.25) is 0 Å². The van der Waals surface area contributed by atoms with Crippen molar-refractivity contribution in [2.75, 3.05) is 6.61 Å². The van der Waals surface area contributed by atoms with Crippen molar-refractivity contribution in [3.63, 3.8) is 0 Å². The van der Waals surface area contributed by atoms with Gasteiger partial charge in [-0.1, -0.05) is 0 Å². The number of thiocarbonyl (C=S) groups is 1. The Morgan fingerprint density at radius 2 is 1.89 bits per heavy atom. The van der Waals surface area contributed by atoms with Crippen LogP contribution in [0.25, 0.3) is 0 Å². The van der Waals surface area contributed by atoms with Crippen LogP contribution >= 0.6 is 12.2 Å². The Kier molecular flexibility index (Phi) is 39.9. The fourth-order valence-electron chi connectivity index (χ4n) is 0.118. The number of rotatable bonds is 1. The molecule has 0 aromatic heterocycles. The van der Waals surface area contributed by atoms with Crippen molar-refractivity contribution < 1.29 is 24.2 Å². The summed E-state index contributed by atoms with van der Waals surface area (Å²) in [5.41, 5.74) is 0. The van der Waals surface area contributed by atoms with Crippen LogP contribution in [-0.4, -0.2) is 11.0 Å². The molecule has 0 rings (SSSR count). The molecule has 0 spiro atoms. The SMILES string of the molecule is CCOC(=S)[S-].[CH3-].[CH3-].[Zn]. The maximum atomic E-state index is 4.59. The van der Waals surface area contributed by atoms with Gasteiger partial charge in [-0.2, -0.15) is 0 Å². The Morgan fingerprint density at radius 1 is 1.56 bits per heavy atom. The van der Waals surface area contributed by atoms with E-state index in [1.54, 1.807) is 0 Å². The molecule has 0 atom stereocenters. The normalized spacial score (nSPS) is 5.00. The molecule has 54 valence electrons. The van der Waals surface area contributed by atoms with Gasteiger partial charge in [0.25, 0.3) is 0 Å². The smallest absolute Gasteiger partial charge is 0.0830 e. The van der Waals surface area contributed by atoms with Gasteiger partial charge in [0.2, 0.25) is 0 Å². The maximum Gasteiger partial charge on any atom is 0.0830 e. The van der Waals surface area contributed by atoms with E-state index in [0.29, 0.717) is 6.61 Å². The van der Waals surface area contributed by atoms with E-state index in [-0.39, 0.29) is 38.7 Å². The van der Waals surface area contributed by atoms with Crippen molar-refractivity contribution >= 4 is 29.2 Å². The van der Waals surface area contributed by atoms with Crippen molar-refractivity contribution in [2.45, 2.75) is 6.92 Å². The van der Waals surface area contributed by atoms with Gasteiger partial charge in [0.1, 0.15) is 0 Å². The fraction of sp³-hybridized carbons (Fsp3) is 0.400. The molecule has 0 saturated heterocycles. The Balaban J connectivity index is -0.0000000417. The molecule has 0 fully saturated rings. The van der Waals surface area contributed by atoms with E-state index in [1.807, 2.05) is 6.92 Å². The second-order valence-electron chi connectivity index (χ2n) is 0.683. The third kappa shape index (κ3) is 28.4. The van der Waals surface area contributed by atoms with Crippen molar-refractivity contribution in [2.24, 2.45) is 0 Å². The van der Waals surface area contributed by atoms with Gasteiger partial charge in [-0.05, 0) is 6.92 Å². The van der Waals surface area contributed by atoms with E-state index >= 15 is 0 Å². The Morgan fingerprint density at radius 3 is 1.89 bits per heavy atom. The van der Waals surface area contributed by atoms with E-state index in [4.69, 9.17) is 0 Å². The van der Waals surface area contributed by atoms with Crippen LogP contribution < -0.4 is 0 Å². The molecular formula is C5H11OS2Zn-3. The minimum Gasteiger partial charge on any atom is -0.514 e. The van der Waals surface area contributed by atoms with Crippen LogP contribution in [0, 0.1) is 14.9 Å². The van der Waals surface area contributed by atoms with Crippen molar-refractivity contribution in [3.8, 4) is 0 Å². The fourth-order valence-corrected chi connectivity index (χ4v) is 0.354. The predicted octanol–water partition coefficient (Wildman–Crippen LogP) is 1.75. The molecule has 0 saturated carbocycles. The molecule has 0 N–H and O–H groups in total. The van der Waals surface area contributed by atoms with Crippen LogP contribution in [0.4, 0.5) is 0 Å². The first kappa shape index (κ1) is 22.6. The van der Waals surface area contributed by atoms with Crippen molar-refractivity contribution in [1.29, 1.82) is 0 Å². The van der Waals surface area contributed by atoms with Crippen LogP contribution in [0.5, 0.6) is 0 Å². The van der Waals surface area contributed by atoms with E-state index in [1.165, 1.54) is 0 Å². The van der Waals surface area contributed by atoms with Gasteiger partial charge in [-0.3, -0.25) is 0 Å². The third-order valence-corrected chi connectivity index (χ3v) is 0.498. The summed E-state index contributed by atoms with van der Waals surface area (Å²) in [5.74, 6) is 0. The average molecular weight is 217 g/mol. The summed E-state index contributed by atoms with van der Waals surface area (Å²) >= 11 is 8.77. The molecule has 0 aliphatic rings.